The average molecular weight is 239 g/mol. The Hall–Kier alpha value is -1.26. The maximum Gasteiger partial charge on any atom is 0.121 e. The van der Waals surface area contributed by atoms with Crippen LogP contribution in [0.1, 0.15) is 12.8 Å². The maximum absolute atomic E-state index is 8.87. The molecule has 4 heteroatoms. The highest BCUT2D eigenvalue weighted by molar-refractivity contribution is 5.50. The fourth-order valence-electron chi connectivity index (χ4n) is 1.49. The van der Waals surface area contributed by atoms with Crippen LogP contribution in [0, 0.1) is 0 Å². The molecule has 96 valence electrons. The van der Waals surface area contributed by atoms with E-state index in [0.717, 1.165) is 24.3 Å². The zero-order chi connectivity index (χ0) is 12.5. The van der Waals surface area contributed by atoms with Crippen molar-refractivity contribution in [1.29, 1.82) is 0 Å². The van der Waals surface area contributed by atoms with Crippen molar-refractivity contribution in [3.63, 3.8) is 0 Å². The van der Waals surface area contributed by atoms with Gasteiger partial charge in [-0.2, -0.15) is 0 Å². The molecule has 0 spiro atoms. The molecule has 0 bridgehead atoms. The number of aliphatic hydroxyl groups is 2. The highest BCUT2D eigenvalue weighted by Crippen LogP contribution is 2.20. The minimum Gasteiger partial charge on any atom is -0.494 e. The van der Waals surface area contributed by atoms with Crippen LogP contribution in [0.5, 0.6) is 5.75 Å². The van der Waals surface area contributed by atoms with E-state index in [-0.39, 0.29) is 13.2 Å². The highest BCUT2D eigenvalue weighted by Gasteiger charge is 2.01. The number of hydrogen-bond donors (Lipinski definition) is 2. The van der Waals surface area contributed by atoms with Crippen molar-refractivity contribution in [3.05, 3.63) is 24.3 Å². The molecule has 0 amide bonds. The number of nitrogens with zero attached hydrogens (tertiary/aromatic N) is 1. The lowest BCUT2D eigenvalue weighted by Crippen LogP contribution is -2.20. The first-order chi connectivity index (χ1) is 8.27. The van der Waals surface area contributed by atoms with E-state index in [1.54, 1.807) is 0 Å². The molecular formula is C13H21NO3. The molecule has 1 rings (SSSR count). The molecule has 0 aliphatic heterocycles. The van der Waals surface area contributed by atoms with Crippen LogP contribution in [-0.2, 0) is 0 Å². The number of unbranched alkanes of at least 4 members (excludes halogenated alkanes) is 1. The maximum atomic E-state index is 8.87. The predicted molar refractivity (Wildman–Crippen MR) is 68.6 cm³/mol. The zero-order valence-electron chi connectivity index (χ0n) is 10.3. The minimum atomic E-state index is 0.137. The number of benzene rings is 1. The van der Waals surface area contributed by atoms with Crippen molar-refractivity contribution in [1.82, 2.24) is 0 Å². The van der Waals surface area contributed by atoms with E-state index < -0.39 is 0 Å². The van der Waals surface area contributed by atoms with Gasteiger partial charge in [-0.3, -0.25) is 0 Å². The summed E-state index contributed by atoms with van der Waals surface area (Å²) in [4.78, 5) is 1.97. The van der Waals surface area contributed by atoms with Gasteiger partial charge < -0.3 is 19.8 Å². The molecule has 17 heavy (non-hydrogen) atoms. The third-order valence-electron chi connectivity index (χ3n) is 2.51. The van der Waals surface area contributed by atoms with E-state index in [0.29, 0.717) is 13.2 Å². The molecule has 0 saturated heterocycles. The van der Waals surface area contributed by atoms with Crippen LogP contribution in [0.15, 0.2) is 24.3 Å². The quantitative estimate of drug-likeness (QED) is 0.671. The molecule has 0 aromatic heterocycles. The summed E-state index contributed by atoms with van der Waals surface area (Å²) >= 11 is 0. The first-order valence-corrected chi connectivity index (χ1v) is 5.93. The lowest BCUT2D eigenvalue weighted by molar-refractivity contribution is 0.253. The van der Waals surface area contributed by atoms with Crippen molar-refractivity contribution in [2.45, 2.75) is 12.8 Å². The van der Waals surface area contributed by atoms with Crippen molar-refractivity contribution in [2.75, 3.05) is 38.3 Å². The number of aliphatic hydroxyl groups excluding tert-OH is 2. The summed E-state index contributed by atoms with van der Waals surface area (Å²) in [5.41, 5.74) is 1.03. The Labute approximate surface area is 102 Å². The van der Waals surface area contributed by atoms with Crippen molar-refractivity contribution < 1.29 is 14.9 Å². The summed E-state index contributed by atoms with van der Waals surface area (Å²) in [5.74, 6) is 0.824. The number of anilines is 1. The minimum absolute atomic E-state index is 0.137. The normalized spacial score (nSPS) is 10.3. The van der Waals surface area contributed by atoms with Gasteiger partial charge in [-0.25, -0.2) is 0 Å². The van der Waals surface area contributed by atoms with Crippen LogP contribution in [0.3, 0.4) is 0 Å². The summed E-state index contributed by atoms with van der Waals surface area (Å²) in [5, 5.41) is 17.5. The summed E-state index contributed by atoms with van der Waals surface area (Å²) in [6, 6.07) is 7.78. The first-order valence-electron chi connectivity index (χ1n) is 5.93. The van der Waals surface area contributed by atoms with Gasteiger partial charge in [0.25, 0.3) is 0 Å². The van der Waals surface area contributed by atoms with Gasteiger partial charge in [-0.05, 0) is 25.0 Å². The van der Waals surface area contributed by atoms with Gasteiger partial charge in [0.1, 0.15) is 5.75 Å². The fraction of sp³-hybridized carbons (Fsp3) is 0.538. The second-order valence-corrected chi connectivity index (χ2v) is 3.92. The van der Waals surface area contributed by atoms with Gasteiger partial charge in [0.05, 0.1) is 13.2 Å². The molecule has 0 aliphatic carbocycles. The molecule has 0 atom stereocenters. The molecule has 1 aromatic carbocycles. The lowest BCUT2D eigenvalue weighted by atomic mass is 10.2. The predicted octanol–water partition coefficient (Wildman–Crippen LogP) is 1.27. The molecule has 0 aliphatic rings. The second kappa shape index (κ2) is 7.92. The van der Waals surface area contributed by atoms with Crippen LogP contribution in [-0.4, -0.2) is 43.6 Å². The Balaban J connectivity index is 2.47. The van der Waals surface area contributed by atoms with Crippen LogP contribution in [0.25, 0.3) is 0 Å². The number of ether oxygens (including phenoxy) is 1. The Morgan fingerprint density at radius 1 is 1.18 bits per heavy atom. The highest BCUT2D eigenvalue weighted by atomic mass is 16.5. The van der Waals surface area contributed by atoms with Crippen LogP contribution in [0.2, 0.25) is 0 Å². The molecule has 0 heterocycles. The van der Waals surface area contributed by atoms with Gasteiger partial charge in [0, 0.05) is 32.0 Å². The number of likely N-dealkylation sites (N-methyl/N-ethyl adjacent to an activating group) is 1. The number of rotatable bonds is 8. The SMILES string of the molecule is CN(CCO)c1cccc(OCCCCO)c1. The van der Waals surface area contributed by atoms with E-state index in [1.807, 2.05) is 36.2 Å². The Morgan fingerprint density at radius 2 is 2.00 bits per heavy atom. The standard InChI is InChI=1S/C13H21NO3/c1-14(7-9-16)12-5-4-6-13(11-12)17-10-3-2-8-15/h4-6,11,15-16H,2-3,7-10H2,1H3. The van der Waals surface area contributed by atoms with E-state index in [9.17, 15) is 0 Å². The molecule has 0 unspecified atom stereocenters. The Bertz CT molecular complexity index is 317. The Morgan fingerprint density at radius 3 is 2.71 bits per heavy atom. The lowest BCUT2D eigenvalue weighted by Gasteiger charge is -2.18. The van der Waals surface area contributed by atoms with Gasteiger partial charge in [0.15, 0.2) is 0 Å². The molecule has 1 aromatic rings. The summed E-state index contributed by atoms with van der Waals surface area (Å²) in [6.07, 6.45) is 1.62. The van der Waals surface area contributed by atoms with Crippen molar-refractivity contribution in [3.8, 4) is 5.75 Å². The Kier molecular flexibility index (Phi) is 6.43. The van der Waals surface area contributed by atoms with E-state index >= 15 is 0 Å². The third kappa shape index (κ3) is 5.06. The van der Waals surface area contributed by atoms with E-state index in [4.69, 9.17) is 14.9 Å². The van der Waals surface area contributed by atoms with E-state index in [1.165, 1.54) is 0 Å². The summed E-state index contributed by atoms with van der Waals surface area (Å²) < 4.78 is 5.58. The zero-order valence-corrected chi connectivity index (χ0v) is 10.3. The number of hydrogen-bond acceptors (Lipinski definition) is 4. The molecule has 4 nitrogen and oxygen atoms in total. The molecule has 2 N–H and O–H groups in total. The monoisotopic (exact) mass is 239 g/mol. The van der Waals surface area contributed by atoms with Crippen molar-refractivity contribution in [2.24, 2.45) is 0 Å². The van der Waals surface area contributed by atoms with Crippen LogP contribution in [0.4, 0.5) is 5.69 Å². The summed E-state index contributed by atoms with van der Waals surface area (Å²) in [6.45, 7) is 1.57. The molecule has 0 saturated carbocycles. The van der Waals surface area contributed by atoms with Crippen LogP contribution >= 0.6 is 0 Å². The molecule has 0 radical (unpaired) electrons. The van der Waals surface area contributed by atoms with Crippen molar-refractivity contribution >= 4 is 5.69 Å². The van der Waals surface area contributed by atoms with Gasteiger partial charge in [-0.15, -0.1) is 0 Å². The van der Waals surface area contributed by atoms with Gasteiger partial charge in [0.2, 0.25) is 0 Å². The molecular weight excluding hydrogens is 218 g/mol. The fourth-order valence-corrected chi connectivity index (χ4v) is 1.49. The first kappa shape index (κ1) is 13.8. The van der Waals surface area contributed by atoms with Gasteiger partial charge in [-0.1, -0.05) is 6.07 Å². The summed E-state index contributed by atoms with van der Waals surface area (Å²) in [7, 11) is 1.93. The van der Waals surface area contributed by atoms with Crippen LogP contribution < -0.4 is 9.64 Å². The topological polar surface area (TPSA) is 52.9 Å². The smallest absolute Gasteiger partial charge is 0.121 e. The average Bonchev–Trinajstić information content (AvgIpc) is 2.35. The second-order valence-electron chi connectivity index (χ2n) is 3.92. The largest absolute Gasteiger partial charge is 0.494 e. The van der Waals surface area contributed by atoms with E-state index in [2.05, 4.69) is 0 Å². The molecule has 0 fully saturated rings. The van der Waals surface area contributed by atoms with Gasteiger partial charge >= 0.3 is 0 Å². The third-order valence-corrected chi connectivity index (χ3v) is 2.51.